The first-order chi connectivity index (χ1) is 9.79. The summed E-state index contributed by atoms with van der Waals surface area (Å²) < 4.78 is 0. The lowest BCUT2D eigenvalue weighted by atomic mass is 9.82. The molecule has 1 aromatic rings. The molecule has 0 aliphatic heterocycles. The zero-order valence-corrected chi connectivity index (χ0v) is 13.6. The molecule has 0 saturated carbocycles. The van der Waals surface area contributed by atoms with Gasteiger partial charge in [-0.1, -0.05) is 39.8 Å². The molecular weight excluding hydrogens is 262 g/mol. The fraction of sp³-hybridized carbons (Fsp3) is 0.611. The summed E-state index contributed by atoms with van der Waals surface area (Å²) in [5.41, 5.74) is 2.84. The second-order valence-electron chi connectivity index (χ2n) is 7.28. The molecular formula is C18H27NO2. The van der Waals surface area contributed by atoms with E-state index in [1.54, 1.807) is 0 Å². The lowest BCUT2D eigenvalue weighted by Gasteiger charge is -2.28. The van der Waals surface area contributed by atoms with Crippen molar-refractivity contribution in [3.05, 3.63) is 29.3 Å². The van der Waals surface area contributed by atoms with Gasteiger partial charge in [0.05, 0.1) is 6.10 Å². The summed E-state index contributed by atoms with van der Waals surface area (Å²) in [4.78, 5) is 12.6. The van der Waals surface area contributed by atoms with Gasteiger partial charge in [0.1, 0.15) is 0 Å². The van der Waals surface area contributed by atoms with Gasteiger partial charge in [0.25, 0.3) is 0 Å². The SMILES string of the molecule is CC(C)CC(C)(C)C(=O)Nc1cccc2c1CC(O)CC2. The highest BCUT2D eigenvalue weighted by molar-refractivity contribution is 5.95. The Hall–Kier alpha value is -1.35. The molecule has 1 unspecified atom stereocenters. The van der Waals surface area contributed by atoms with Crippen molar-refractivity contribution in [2.45, 2.75) is 59.5 Å². The number of hydrogen-bond donors (Lipinski definition) is 2. The van der Waals surface area contributed by atoms with Crippen molar-refractivity contribution in [1.82, 2.24) is 0 Å². The maximum atomic E-state index is 12.6. The molecule has 116 valence electrons. The van der Waals surface area contributed by atoms with Gasteiger partial charge in [0, 0.05) is 17.5 Å². The lowest BCUT2D eigenvalue weighted by Crippen LogP contribution is -2.33. The molecule has 1 aromatic carbocycles. The number of hydrogen-bond acceptors (Lipinski definition) is 2. The van der Waals surface area contributed by atoms with E-state index in [9.17, 15) is 9.90 Å². The highest BCUT2D eigenvalue weighted by atomic mass is 16.3. The van der Waals surface area contributed by atoms with Crippen molar-refractivity contribution in [2.24, 2.45) is 11.3 Å². The number of rotatable bonds is 4. The Morgan fingerprint density at radius 2 is 2.14 bits per heavy atom. The van der Waals surface area contributed by atoms with Gasteiger partial charge in [-0.25, -0.2) is 0 Å². The van der Waals surface area contributed by atoms with Crippen LogP contribution >= 0.6 is 0 Å². The second kappa shape index (κ2) is 6.18. The predicted molar refractivity (Wildman–Crippen MR) is 86.3 cm³/mol. The summed E-state index contributed by atoms with van der Waals surface area (Å²) in [6.45, 7) is 8.25. The fourth-order valence-electron chi connectivity index (χ4n) is 3.29. The van der Waals surface area contributed by atoms with E-state index in [-0.39, 0.29) is 17.4 Å². The molecule has 1 aliphatic rings. The normalized spacial score (nSPS) is 18.5. The minimum atomic E-state index is -0.385. The third-order valence-corrected chi connectivity index (χ3v) is 4.24. The minimum absolute atomic E-state index is 0.0599. The van der Waals surface area contributed by atoms with Crippen LogP contribution in [0.2, 0.25) is 0 Å². The molecule has 0 aromatic heterocycles. The second-order valence-corrected chi connectivity index (χ2v) is 7.28. The molecule has 0 radical (unpaired) electrons. The predicted octanol–water partition coefficient (Wildman–Crippen LogP) is 3.55. The number of aryl methyl sites for hydroxylation is 1. The van der Waals surface area contributed by atoms with Crippen molar-refractivity contribution in [1.29, 1.82) is 0 Å². The molecule has 0 spiro atoms. The van der Waals surface area contributed by atoms with Crippen LogP contribution in [0.3, 0.4) is 0 Å². The van der Waals surface area contributed by atoms with E-state index >= 15 is 0 Å². The molecule has 2 N–H and O–H groups in total. The maximum absolute atomic E-state index is 12.6. The summed E-state index contributed by atoms with van der Waals surface area (Å²) in [5.74, 6) is 0.543. The number of carbonyl (C=O) groups excluding carboxylic acids is 1. The van der Waals surface area contributed by atoms with Crippen LogP contribution in [0.4, 0.5) is 5.69 Å². The summed E-state index contributed by atoms with van der Waals surface area (Å²) in [6, 6.07) is 6.03. The van der Waals surface area contributed by atoms with Gasteiger partial charge in [0.15, 0.2) is 0 Å². The van der Waals surface area contributed by atoms with Crippen LogP contribution in [0.1, 0.15) is 51.7 Å². The van der Waals surface area contributed by atoms with Gasteiger partial charge in [-0.2, -0.15) is 0 Å². The van der Waals surface area contributed by atoms with E-state index in [0.717, 1.165) is 30.5 Å². The van der Waals surface area contributed by atoms with Crippen molar-refractivity contribution in [2.75, 3.05) is 5.32 Å². The van der Waals surface area contributed by atoms with Crippen LogP contribution < -0.4 is 5.32 Å². The van der Waals surface area contributed by atoms with Crippen LogP contribution in [-0.2, 0) is 17.6 Å². The zero-order chi connectivity index (χ0) is 15.6. The van der Waals surface area contributed by atoms with E-state index in [4.69, 9.17) is 0 Å². The number of aliphatic hydroxyl groups is 1. The first kappa shape index (κ1) is 16.0. The number of amides is 1. The molecule has 1 atom stereocenters. The topological polar surface area (TPSA) is 49.3 Å². The molecule has 0 heterocycles. The van der Waals surface area contributed by atoms with Crippen molar-refractivity contribution in [3.8, 4) is 0 Å². The average molecular weight is 289 g/mol. The number of fused-ring (bicyclic) bond motifs is 1. The zero-order valence-electron chi connectivity index (χ0n) is 13.6. The Kier molecular flexibility index (Phi) is 4.72. The van der Waals surface area contributed by atoms with Gasteiger partial charge in [0.2, 0.25) is 5.91 Å². The van der Waals surface area contributed by atoms with Gasteiger partial charge >= 0.3 is 0 Å². The van der Waals surface area contributed by atoms with E-state index < -0.39 is 0 Å². The van der Waals surface area contributed by atoms with Crippen molar-refractivity contribution >= 4 is 11.6 Å². The van der Waals surface area contributed by atoms with Crippen molar-refractivity contribution in [3.63, 3.8) is 0 Å². The lowest BCUT2D eigenvalue weighted by molar-refractivity contribution is -0.124. The van der Waals surface area contributed by atoms with Gasteiger partial charge < -0.3 is 10.4 Å². The van der Waals surface area contributed by atoms with E-state index in [0.29, 0.717) is 12.3 Å². The monoisotopic (exact) mass is 289 g/mol. The fourth-order valence-corrected chi connectivity index (χ4v) is 3.29. The first-order valence-corrected chi connectivity index (χ1v) is 7.90. The maximum Gasteiger partial charge on any atom is 0.230 e. The average Bonchev–Trinajstić information content (AvgIpc) is 2.38. The molecule has 0 bridgehead atoms. The molecule has 3 nitrogen and oxygen atoms in total. The van der Waals surface area contributed by atoms with Gasteiger partial charge in [-0.15, -0.1) is 0 Å². The van der Waals surface area contributed by atoms with E-state index in [1.807, 2.05) is 26.0 Å². The number of carbonyl (C=O) groups is 1. The number of benzene rings is 1. The highest BCUT2D eigenvalue weighted by Crippen LogP contribution is 2.31. The summed E-state index contributed by atoms with van der Waals surface area (Å²) >= 11 is 0. The quantitative estimate of drug-likeness (QED) is 0.890. The van der Waals surface area contributed by atoms with Crippen LogP contribution in [-0.4, -0.2) is 17.1 Å². The standard InChI is InChI=1S/C18H27NO2/c1-12(2)11-18(3,4)17(21)19-16-7-5-6-13-8-9-14(20)10-15(13)16/h5-7,12,14,20H,8-11H2,1-4H3,(H,19,21). The Balaban J connectivity index is 2.18. The summed E-state index contributed by atoms with van der Waals surface area (Å²) in [5, 5.41) is 13.0. The smallest absolute Gasteiger partial charge is 0.230 e. The number of nitrogens with one attached hydrogen (secondary N) is 1. The summed E-state index contributed by atoms with van der Waals surface area (Å²) in [7, 11) is 0. The van der Waals surface area contributed by atoms with E-state index in [1.165, 1.54) is 5.56 Å². The molecule has 1 amide bonds. The van der Waals surface area contributed by atoms with Crippen LogP contribution in [0, 0.1) is 11.3 Å². The Morgan fingerprint density at radius 3 is 2.81 bits per heavy atom. The largest absolute Gasteiger partial charge is 0.393 e. The first-order valence-electron chi connectivity index (χ1n) is 7.90. The molecule has 0 fully saturated rings. The van der Waals surface area contributed by atoms with Crippen LogP contribution in [0.15, 0.2) is 18.2 Å². The van der Waals surface area contributed by atoms with Crippen LogP contribution in [0.25, 0.3) is 0 Å². The molecule has 1 aliphatic carbocycles. The number of anilines is 1. The third-order valence-electron chi connectivity index (χ3n) is 4.24. The minimum Gasteiger partial charge on any atom is -0.393 e. The van der Waals surface area contributed by atoms with Crippen LogP contribution in [0.5, 0.6) is 0 Å². The summed E-state index contributed by atoms with van der Waals surface area (Å²) in [6.07, 6.45) is 2.89. The molecule has 2 rings (SSSR count). The number of aliphatic hydroxyl groups excluding tert-OH is 1. The molecule has 3 heteroatoms. The van der Waals surface area contributed by atoms with E-state index in [2.05, 4.69) is 25.2 Å². The molecule has 0 saturated heterocycles. The Bertz CT molecular complexity index is 520. The van der Waals surface area contributed by atoms with Gasteiger partial charge in [-0.3, -0.25) is 4.79 Å². The Labute approximate surface area is 127 Å². The highest BCUT2D eigenvalue weighted by Gasteiger charge is 2.29. The third kappa shape index (κ3) is 3.85. The van der Waals surface area contributed by atoms with Crippen molar-refractivity contribution < 1.29 is 9.90 Å². The van der Waals surface area contributed by atoms with Gasteiger partial charge in [-0.05, 0) is 42.4 Å². The molecule has 21 heavy (non-hydrogen) atoms. The Morgan fingerprint density at radius 1 is 1.43 bits per heavy atom.